The molecule has 2 amide bonds. The second-order valence-electron chi connectivity index (χ2n) is 7.75. The van der Waals surface area contributed by atoms with Crippen molar-refractivity contribution in [2.75, 3.05) is 51.7 Å². The number of carbonyl (C=O) groups is 2. The summed E-state index contributed by atoms with van der Waals surface area (Å²) in [5.74, 6) is 0.226. The second kappa shape index (κ2) is 9.51. The van der Waals surface area contributed by atoms with Crippen LogP contribution in [0.4, 0.5) is 5.69 Å². The van der Waals surface area contributed by atoms with Crippen molar-refractivity contribution in [2.45, 2.75) is 24.7 Å². The number of halogens is 1. The van der Waals surface area contributed by atoms with Crippen molar-refractivity contribution < 1.29 is 22.7 Å². The molecule has 2 heterocycles. The molecule has 166 valence electrons. The molecular weight excluding hydrogens is 432 g/mol. The van der Waals surface area contributed by atoms with Gasteiger partial charge in [-0.3, -0.25) is 9.59 Å². The summed E-state index contributed by atoms with van der Waals surface area (Å²) in [6, 6.07) is 2.59. The molecule has 0 aliphatic carbocycles. The number of amides is 2. The Kier molecular flexibility index (Phi) is 7.22. The third kappa shape index (κ3) is 5.42. The van der Waals surface area contributed by atoms with Gasteiger partial charge in [-0.15, -0.1) is 0 Å². The molecule has 2 N–H and O–H groups in total. The molecule has 0 radical (unpaired) electrons. The van der Waals surface area contributed by atoms with Gasteiger partial charge >= 0.3 is 0 Å². The van der Waals surface area contributed by atoms with E-state index < -0.39 is 10.0 Å². The van der Waals surface area contributed by atoms with Crippen LogP contribution in [0.5, 0.6) is 5.75 Å². The molecule has 1 fully saturated rings. The molecule has 1 aromatic rings. The Morgan fingerprint density at radius 1 is 1.37 bits per heavy atom. The standard InChI is InChI=1S/C19H27ClN4O5S/c1-13-3-6-24(7-4-13)8-5-21-18(25)11-23(2)30(27,28)17-10-16-15(9-14(17)20)22-19(26)12-29-16/h9-10,13H,3-8,11-12H2,1-2H3,(H,21,25)(H,22,26). The third-order valence-electron chi connectivity index (χ3n) is 5.35. The molecule has 2 aliphatic rings. The smallest absolute Gasteiger partial charge is 0.262 e. The molecule has 1 saturated heterocycles. The van der Waals surface area contributed by atoms with Crippen LogP contribution in [-0.2, 0) is 19.6 Å². The van der Waals surface area contributed by atoms with Crippen molar-refractivity contribution >= 4 is 39.1 Å². The zero-order valence-electron chi connectivity index (χ0n) is 17.1. The summed E-state index contributed by atoms with van der Waals surface area (Å²) in [6.45, 7) is 4.96. The normalized spacial score (nSPS) is 17.9. The minimum absolute atomic E-state index is 0.0638. The summed E-state index contributed by atoms with van der Waals surface area (Å²) in [6.07, 6.45) is 2.31. The first-order valence-corrected chi connectivity index (χ1v) is 11.7. The number of rotatable bonds is 7. The number of nitrogens with zero attached hydrogens (tertiary/aromatic N) is 2. The Morgan fingerprint density at radius 3 is 2.77 bits per heavy atom. The van der Waals surface area contributed by atoms with Crippen LogP contribution in [0, 0.1) is 5.92 Å². The van der Waals surface area contributed by atoms with Crippen molar-refractivity contribution in [1.82, 2.24) is 14.5 Å². The molecule has 0 aromatic heterocycles. The van der Waals surface area contributed by atoms with Crippen molar-refractivity contribution in [3.63, 3.8) is 0 Å². The Morgan fingerprint density at radius 2 is 2.07 bits per heavy atom. The predicted molar refractivity (Wildman–Crippen MR) is 113 cm³/mol. The average molecular weight is 459 g/mol. The van der Waals surface area contributed by atoms with Crippen LogP contribution in [0.15, 0.2) is 17.0 Å². The van der Waals surface area contributed by atoms with Gasteiger partial charge in [0.15, 0.2) is 6.61 Å². The van der Waals surface area contributed by atoms with E-state index in [-0.39, 0.29) is 40.6 Å². The highest BCUT2D eigenvalue weighted by Crippen LogP contribution is 2.36. The molecule has 1 aromatic carbocycles. The number of ether oxygens (including phenoxy) is 1. The van der Waals surface area contributed by atoms with Crippen LogP contribution in [0.3, 0.4) is 0 Å². The molecule has 30 heavy (non-hydrogen) atoms. The maximum absolute atomic E-state index is 12.9. The van der Waals surface area contributed by atoms with E-state index >= 15 is 0 Å². The Bertz CT molecular complexity index is 916. The highest BCUT2D eigenvalue weighted by molar-refractivity contribution is 7.89. The van der Waals surface area contributed by atoms with E-state index in [1.807, 2.05) is 0 Å². The first-order chi connectivity index (χ1) is 14.2. The highest BCUT2D eigenvalue weighted by Gasteiger charge is 2.29. The maximum Gasteiger partial charge on any atom is 0.262 e. The summed E-state index contributed by atoms with van der Waals surface area (Å²) in [7, 11) is -2.71. The molecule has 0 spiro atoms. The quantitative estimate of drug-likeness (QED) is 0.634. The zero-order chi connectivity index (χ0) is 21.9. The van der Waals surface area contributed by atoms with Gasteiger partial charge in [-0.2, -0.15) is 4.31 Å². The van der Waals surface area contributed by atoms with Crippen LogP contribution >= 0.6 is 11.6 Å². The Hall–Kier alpha value is -1.88. The van der Waals surface area contributed by atoms with Gasteiger partial charge in [0.05, 0.1) is 17.3 Å². The number of anilines is 1. The van der Waals surface area contributed by atoms with Gasteiger partial charge in [-0.25, -0.2) is 8.42 Å². The topological polar surface area (TPSA) is 108 Å². The number of likely N-dealkylation sites (tertiary alicyclic amines) is 1. The van der Waals surface area contributed by atoms with Crippen molar-refractivity contribution in [2.24, 2.45) is 5.92 Å². The van der Waals surface area contributed by atoms with E-state index in [9.17, 15) is 18.0 Å². The first kappa shape index (κ1) is 22.8. The van der Waals surface area contributed by atoms with Gasteiger partial charge in [0, 0.05) is 26.2 Å². The molecule has 0 saturated carbocycles. The highest BCUT2D eigenvalue weighted by atomic mass is 35.5. The molecule has 9 nitrogen and oxygen atoms in total. The summed E-state index contributed by atoms with van der Waals surface area (Å²) >= 11 is 6.14. The fraction of sp³-hybridized carbons (Fsp3) is 0.579. The number of hydrogen-bond donors (Lipinski definition) is 2. The van der Waals surface area contributed by atoms with Crippen molar-refractivity contribution in [3.05, 3.63) is 17.2 Å². The van der Waals surface area contributed by atoms with Crippen LogP contribution in [-0.4, -0.2) is 75.8 Å². The number of likely N-dealkylation sites (N-methyl/N-ethyl adjacent to an activating group) is 1. The SMILES string of the molecule is CC1CCN(CCNC(=O)CN(C)S(=O)(=O)c2cc3c(cc2Cl)NC(=O)CO3)CC1. The number of sulfonamides is 1. The van der Waals surface area contributed by atoms with Crippen LogP contribution in [0.25, 0.3) is 0 Å². The number of carbonyl (C=O) groups excluding carboxylic acids is 2. The molecular formula is C19H27ClN4O5S. The lowest BCUT2D eigenvalue weighted by molar-refractivity contribution is -0.121. The summed E-state index contributed by atoms with van der Waals surface area (Å²) < 4.78 is 32.0. The number of piperidine rings is 1. The molecule has 3 rings (SSSR count). The number of nitrogens with one attached hydrogen (secondary N) is 2. The van der Waals surface area contributed by atoms with E-state index in [0.717, 1.165) is 42.7 Å². The minimum atomic E-state index is -4.03. The first-order valence-electron chi connectivity index (χ1n) is 9.88. The van der Waals surface area contributed by atoms with E-state index in [4.69, 9.17) is 16.3 Å². The van der Waals surface area contributed by atoms with Gasteiger partial charge in [0.2, 0.25) is 15.9 Å². The maximum atomic E-state index is 12.9. The van der Waals surface area contributed by atoms with Crippen LogP contribution < -0.4 is 15.4 Å². The van der Waals surface area contributed by atoms with Crippen LogP contribution in [0.2, 0.25) is 5.02 Å². The van der Waals surface area contributed by atoms with Crippen LogP contribution in [0.1, 0.15) is 19.8 Å². The van der Waals surface area contributed by atoms with E-state index in [1.54, 1.807) is 0 Å². The lowest BCUT2D eigenvalue weighted by atomic mass is 9.99. The van der Waals surface area contributed by atoms with E-state index in [2.05, 4.69) is 22.5 Å². The Balaban J connectivity index is 1.57. The Labute approximate surface area is 181 Å². The van der Waals surface area contributed by atoms with E-state index in [1.165, 1.54) is 19.2 Å². The number of hydrogen-bond acceptors (Lipinski definition) is 6. The number of fused-ring (bicyclic) bond motifs is 1. The van der Waals surface area contributed by atoms with Gasteiger partial charge < -0.3 is 20.3 Å². The zero-order valence-corrected chi connectivity index (χ0v) is 18.7. The lowest BCUT2D eigenvalue weighted by Gasteiger charge is -2.30. The van der Waals surface area contributed by atoms with Gasteiger partial charge in [-0.05, 0) is 37.9 Å². The van der Waals surface area contributed by atoms with Gasteiger partial charge in [0.25, 0.3) is 5.91 Å². The summed E-state index contributed by atoms with van der Waals surface area (Å²) in [4.78, 5) is 25.7. The second-order valence-corrected chi connectivity index (χ2v) is 10.2. The summed E-state index contributed by atoms with van der Waals surface area (Å²) in [5.41, 5.74) is 0.308. The molecule has 11 heteroatoms. The van der Waals surface area contributed by atoms with Crippen molar-refractivity contribution in [3.8, 4) is 5.75 Å². The van der Waals surface area contributed by atoms with Gasteiger partial charge in [-0.1, -0.05) is 18.5 Å². The lowest BCUT2D eigenvalue weighted by Crippen LogP contribution is -2.42. The fourth-order valence-corrected chi connectivity index (χ4v) is 5.07. The van der Waals surface area contributed by atoms with E-state index in [0.29, 0.717) is 12.2 Å². The molecule has 0 bridgehead atoms. The molecule has 0 unspecified atom stereocenters. The fourth-order valence-electron chi connectivity index (χ4n) is 3.43. The summed E-state index contributed by atoms with van der Waals surface area (Å²) in [5, 5.41) is 5.28. The molecule has 2 aliphatic heterocycles. The third-order valence-corrected chi connectivity index (χ3v) is 7.62. The average Bonchev–Trinajstić information content (AvgIpc) is 2.68. The number of benzene rings is 1. The molecule has 0 atom stereocenters. The predicted octanol–water partition coefficient (Wildman–Crippen LogP) is 1.14. The monoisotopic (exact) mass is 458 g/mol. The van der Waals surface area contributed by atoms with Gasteiger partial charge in [0.1, 0.15) is 10.6 Å². The minimum Gasteiger partial charge on any atom is -0.482 e. The largest absolute Gasteiger partial charge is 0.482 e. The van der Waals surface area contributed by atoms with Crippen molar-refractivity contribution in [1.29, 1.82) is 0 Å².